The molecule has 0 spiro atoms. The van der Waals surface area contributed by atoms with Gasteiger partial charge in [-0.3, -0.25) is 0 Å². The molecule has 3 heteroatoms. The first kappa shape index (κ1) is 10.7. The third-order valence-corrected chi connectivity index (χ3v) is 4.20. The third kappa shape index (κ3) is 1.72. The van der Waals surface area contributed by atoms with Gasteiger partial charge < -0.3 is 10.6 Å². The van der Waals surface area contributed by atoms with Gasteiger partial charge in [-0.25, -0.2) is 0 Å². The van der Waals surface area contributed by atoms with Crippen LogP contribution in [0.3, 0.4) is 0 Å². The van der Waals surface area contributed by atoms with E-state index in [9.17, 15) is 0 Å². The predicted octanol–water partition coefficient (Wildman–Crippen LogP) is 3.38. The zero-order chi connectivity index (χ0) is 11.8. The molecular weight excluding hydrogens is 228 g/mol. The van der Waals surface area contributed by atoms with Crippen LogP contribution in [0.25, 0.3) is 0 Å². The molecule has 86 valence electrons. The number of para-hydroxylation sites is 1. The molecule has 3 rings (SSSR count). The van der Waals surface area contributed by atoms with Crippen LogP contribution in [0.5, 0.6) is 0 Å². The van der Waals surface area contributed by atoms with Crippen LogP contribution in [-0.4, -0.2) is 7.05 Å². The van der Waals surface area contributed by atoms with E-state index in [0.29, 0.717) is 6.54 Å². The molecule has 1 heterocycles. The van der Waals surface area contributed by atoms with Crippen LogP contribution in [0.4, 0.5) is 11.4 Å². The summed E-state index contributed by atoms with van der Waals surface area (Å²) in [6.07, 6.45) is 0. The fourth-order valence-corrected chi connectivity index (χ4v) is 3.24. The van der Waals surface area contributed by atoms with E-state index in [1.807, 2.05) is 11.8 Å². The molecule has 0 unspecified atom stereocenters. The Labute approximate surface area is 105 Å². The summed E-state index contributed by atoms with van der Waals surface area (Å²) >= 11 is 1.82. The Hall–Kier alpha value is -1.45. The monoisotopic (exact) mass is 242 g/mol. The second-order valence-electron chi connectivity index (χ2n) is 4.14. The smallest absolute Gasteiger partial charge is 0.0553 e. The van der Waals surface area contributed by atoms with E-state index in [-0.39, 0.29) is 0 Å². The highest BCUT2D eigenvalue weighted by Crippen LogP contribution is 2.47. The van der Waals surface area contributed by atoms with Gasteiger partial charge in [0.1, 0.15) is 0 Å². The molecule has 0 saturated carbocycles. The fraction of sp³-hybridized carbons (Fsp3) is 0.143. The second-order valence-corrected chi connectivity index (χ2v) is 5.22. The standard InChI is InChI=1S/C14H14N2S/c1-16-11-4-2-3-5-13(11)17-14-7-6-10(9-15)8-12(14)16/h2-8H,9,15H2,1H3. The Kier molecular flexibility index (Phi) is 2.57. The number of nitrogens with zero attached hydrogens (tertiary/aromatic N) is 1. The summed E-state index contributed by atoms with van der Waals surface area (Å²) in [5.41, 5.74) is 9.38. The Morgan fingerprint density at radius 3 is 2.65 bits per heavy atom. The molecule has 0 saturated heterocycles. The molecule has 0 fully saturated rings. The second kappa shape index (κ2) is 4.09. The Morgan fingerprint density at radius 1 is 1.06 bits per heavy atom. The van der Waals surface area contributed by atoms with Crippen molar-refractivity contribution in [3.05, 3.63) is 48.0 Å². The highest BCUT2D eigenvalue weighted by atomic mass is 32.2. The number of hydrogen-bond donors (Lipinski definition) is 1. The largest absolute Gasteiger partial charge is 0.343 e. The molecule has 0 bridgehead atoms. The van der Waals surface area contributed by atoms with E-state index in [0.717, 1.165) is 0 Å². The number of fused-ring (bicyclic) bond motifs is 2. The lowest BCUT2D eigenvalue weighted by atomic mass is 10.1. The van der Waals surface area contributed by atoms with Crippen molar-refractivity contribution in [2.75, 3.05) is 11.9 Å². The van der Waals surface area contributed by atoms with E-state index in [2.05, 4.69) is 54.4 Å². The summed E-state index contributed by atoms with van der Waals surface area (Å²) in [6, 6.07) is 14.9. The van der Waals surface area contributed by atoms with Crippen molar-refractivity contribution >= 4 is 23.1 Å². The lowest BCUT2D eigenvalue weighted by Crippen LogP contribution is -2.15. The minimum absolute atomic E-state index is 0.591. The SMILES string of the molecule is CN1c2ccccc2Sc2ccc(CN)cc21. The molecule has 0 radical (unpaired) electrons. The van der Waals surface area contributed by atoms with Crippen molar-refractivity contribution in [2.45, 2.75) is 16.3 Å². The molecule has 17 heavy (non-hydrogen) atoms. The van der Waals surface area contributed by atoms with Gasteiger partial charge >= 0.3 is 0 Å². The summed E-state index contributed by atoms with van der Waals surface area (Å²) in [6.45, 7) is 0.591. The van der Waals surface area contributed by atoms with Crippen LogP contribution in [0.1, 0.15) is 5.56 Å². The summed E-state index contributed by atoms with van der Waals surface area (Å²) in [5, 5.41) is 0. The fourth-order valence-electron chi connectivity index (χ4n) is 2.11. The minimum atomic E-state index is 0.591. The van der Waals surface area contributed by atoms with Crippen molar-refractivity contribution in [2.24, 2.45) is 5.73 Å². The average molecular weight is 242 g/mol. The molecule has 0 amide bonds. The number of benzene rings is 2. The first-order valence-corrected chi connectivity index (χ1v) is 6.45. The van der Waals surface area contributed by atoms with E-state index >= 15 is 0 Å². The van der Waals surface area contributed by atoms with E-state index in [1.165, 1.54) is 26.7 Å². The molecule has 2 aromatic rings. The summed E-state index contributed by atoms with van der Waals surface area (Å²) in [5.74, 6) is 0. The van der Waals surface area contributed by atoms with Gasteiger partial charge in [0, 0.05) is 23.4 Å². The molecule has 1 aliphatic rings. The highest BCUT2D eigenvalue weighted by molar-refractivity contribution is 7.99. The number of hydrogen-bond acceptors (Lipinski definition) is 3. The highest BCUT2D eigenvalue weighted by Gasteiger charge is 2.19. The molecule has 2 aromatic carbocycles. The van der Waals surface area contributed by atoms with Crippen molar-refractivity contribution < 1.29 is 0 Å². The van der Waals surface area contributed by atoms with Gasteiger partial charge in [-0.15, -0.1) is 0 Å². The van der Waals surface area contributed by atoms with Crippen molar-refractivity contribution in [1.29, 1.82) is 0 Å². The van der Waals surface area contributed by atoms with Crippen LogP contribution < -0.4 is 10.6 Å². The van der Waals surface area contributed by atoms with E-state index < -0.39 is 0 Å². The van der Waals surface area contributed by atoms with Crippen LogP contribution >= 0.6 is 11.8 Å². The molecule has 1 aliphatic heterocycles. The lowest BCUT2D eigenvalue weighted by Gasteiger charge is -2.29. The van der Waals surface area contributed by atoms with Gasteiger partial charge in [-0.2, -0.15) is 0 Å². The molecule has 2 nitrogen and oxygen atoms in total. The number of nitrogens with two attached hydrogens (primary N) is 1. The van der Waals surface area contributed by atoms with Crippen molar-refractivity contribution in [3.63, 3.8) is 0 Å². The maximum Gasteiger partial charge on any atom is 0.0553 e. The Bertz CT molecular complexity index is 566. The van der Waals surface area contributed by atoms with Gasteiger partial charge in [0.05, 0.1) is 11.4 Å². The summed E-state index contributed by atoms with van der Waals surface area (Å²) < 4.78 is 0. The first-order valence-electron chi connectivity index (χ1n) is 5.63. The van der Waals surface area contributed by atoms with Crippen LogP contribution in [0.15, 0.2) is 52.3 Å². The molecule has 0 aromatic heterocycles. The van der Waals surface area contributed by atoms with Crippen LogP contribution in [0.2, 0.25) is 0 Å². The van der Waals surface area contributed by atoms with E-state index in [4.69, 9.17) is 5.73 Å². The van der Waals surface area contributed by atoms with Gasteiger partial charge in [0.15, 0.2) is 0 Å². The first-order chi connectivity index (χ1) is 8.29. The molecular formula is C14H14N2S. The Balaban J connectivity index is 2.13. The Morgan fingerprint density at radius 2 is 1.82 bits per heavy atom. The maximum absolute atomic E-state index is 5.70. The summed E-state index contributed by atoms with van der Waals surface area (Å²) in [7, 11) is 2.11. The molecule has 2 N–H and O–H groups in total. The maximum atomic E-state index is 5.70. The molecule has 0 aliphatic carbocycles. The van der Waals surface area contributed by atoms with Crippen LogP contribution in [-0.2, 0) is 6.54 Å². The predicted molar refractivity (Wildman–Crippen MR) is 73.0 cm³/mol. The lowest BCUT2D eigenvalue weighted by molar-refractivity contribution is 1.04. The summed E-state index contributed by atoms with van der Waals surface area (Å²) in [4.78, 5) is 4.84. The van der Waals surface area contributed by atoms with Gasteiger partial charge in [-0.1, -0.05) is 30.0 Å². The topological polar surface area (TPSA) is 29.3 Å². The zero-order valence-corrected chi connectivity index (χ0v) is 10.5. The normalized spacial score (nSPS) is 13.2. The van der Waals surface area contributed by atoms with Crippen molar-refractivity contribution in [3.8, 4) is 0 Å². The van der Waals surface area contributed by atoms with Gasteiger partial charge in [-0.05, 0) is 29.8 Å². The van der Waals surface area contributed by atoms with Crippen LogP contribution in [0, 0.1) is 0 Å². The third-order valence-electron chi connectivity index (χ3n) is 3.07. The molecule has 0 atom stereocenters. The van der Waals surface area contributed by atoms with E-state index in [1.54, 1.807) is 0 Å². The zero-order valence-electron chi connectivity index (χ0n) is 9.68. The minimum Gasteiger partial charge on any atom is -0.343 e. The number of anilines is 2. The number of rotatable bonds is 1. The quantitative estimate of drug-likeness (QED) is 0.831. The average Bonchev–Trinajstić information content (AvgIpc) is 2.39. The van der Waals surface area contributed by atoms with Gasteiger partial charge in [0.2, 0.25) is 0 Å². The van der Waals surface area contributed by atoms with Crippen molar-refractivity contribution in [1.82, 2.24) is 0 Å². The van der Waals surface area contributed by atoms with Gasteiger partial charge in [0.25, 0.3) is 0 Å².